The second kappa shape index (κ2) is 7.90. The number of nitrogens with one attached hydrogen (secondary N) is 1. The fourth-order valence-corrected chi connectivity index (χ4v) is 5.88. The Morgan fingerprint density at radius 3 is 2.80 bits per heavy atom. The Bertz CT molecular complexity index is 1030. The molecule has 1 saturated heterocycles. The van der Waals surface area contributed by atoms with Crippen LogP contribution in [0.2, 0.25) is 0 Å². The summed E-state index contributed by atoms with van der Waals surface area (Å²) in [6.45, 7) is 1.64. The highest BCUT2D eigenvalue weighted by Crippen LogP contribution is 2.42. The zero-order chi connectivity index (χ0) is 20.9. The van der Waals surface area contributed by atoms with Gasteiger partial charge in [0.15, 0.2) is 11.3 Å². The molecule has 0 bridgehead atoms. The monoisotopic (exact) mass is 534 g/mol. The maximum absolute atomic E-state index is 12.7. The third kappa shape index (κ3) is 3.79. The Hall–Kier alpha value is -1.47. The van der Waals surface area contributed by atoms with E-state index in [1.54, 1.807) is 6.20 Å². The van der Waals surface area contributed by atoms with Crippen LogP contribution in [-0.4, -0.2) is 71.4 Å². The highest BCUT2D eigenvalue weighted by atomic mass is 127. The normalized spacial score (nSPS) is 25.6. The molecule has 162 valence electrons. The van der Waals surface area contributed by atoms with Crippen molar-refractivity contribution in [3.63, 3.8) is 0 Å². The number of H-pyrrole nitrogens is 1. The van der Waals surface area contributed by atoms with Gasteiger partial charge < -0.3 is 9.72 Å². The maximum atomic E-state index is 12.7. The van der Waals surface area contributed by atoms with Crippen molar-refractivity contribution in [2.75, 3.05) is 19.8 Å². The summed E-state index contributed by atoms with van der Waals surface area (Å²) in [4.78, 5) is 9.74. The number of halogens is 4. The van der Waals surface area contributed by atoms with Gasteiger partial charge in [-0.1, -0.05) is 22.6 Å². The van der Waals surface area contributed by atoms with Gasteiger partial charge in [-0.05, 0) is 31.9 Å². The Balaban J connectivity index is 1.38. The largest absolute Gasteiger partial charge is 0.389 e. The van der Waals surface area contributed by atoms with Gasteiger partial charge in [-0.15, -0.1) is 10.2 Å². The van der Waals surface area contributed by atoms with E-state index in [1.807, 2.05) is 12.3 Å². The Labute approximate surface area is 184 Å². The van der Waals surface area contributed by atoms with Crippen LogP contribution < -0.4 is 0 Å². The number of fused-ring (bicyclic) bond motifs is 3. The van der Waals surface area contributed by atoms with Gasteiger partial charge in [0.25, 0.3) is 0 Å². The van der Waals surface area contributed by atoms with Gasteiger partial charge >= 0.3 is 6.18 Å². The molecule has 1 aliphatic heterocycles. The molecule has 11 heteroatoms. The van der Waals surface area contributed by atoms with Crippen LogP contribution in [0.15, 0.2) is 18.5 Å². The average molecular weight is 534 g/mol. The lowest BCUT2D eigenvalue weighted by molar-refractivity contribution is -0.139. The minimum Gasteiger partial charge on any atom is -0.378 e. The lowest BCUT2D eigenvalue weighted by Gasteiger charge is -2.41. The predicted molar refractivity (Wildman–Crippen MR) is 113 cm³/mol. The van der Waals surface area contributed by atoms with E-state index in [-0.39, 0.29) is 24.4 Å². The SMILES string of the molecule is FC(F)(F)CCCN(C1COC1)[C@H]1C[C@@H](I)[C@@H](c2nnc3cnc4[nH]ccc4n23)C1. The molecule has 0 amide bonds. The van der Waals surface area contributed by atoms with Gasteiger partial charge in [-0.3, -0.25) is 9.30 Å². The molecule has 2 fully saturated rings. The molecule has 0 unspecified atom stereocenters. The summed E-state index contributed by atoms with van der Waals surface area (Å²) in [7, 11) is 0. The third-order valence-corrected chi connectivity index (χ3v) is 7.57. The summed E-state index contributed by atoms with van der Waals surface area (Å²) in [5, 5.41) is 8.80. The van der Waals surface area contributed by atoms with Crippen LogP contribution in [0.25, 0.3) is 16.8 Å². The van der Waals surface area contributed by atoms with E-state index in [1.165, 1.54) is 0 Å². The zero-order valence-corrected chi connectivity index (χ0v) is 18.3. The summed E-state index contributed by atoms with van der Waals surface area (Å²) in [5.41, 5.74) is 2.43. The molecule has 0 radical (unpaired) electrons. The van der Waals surface area contributed by atoms with Gasteiger partial charge in [-0.25, -0.2) is 4.98 Å². The molecule has 1 saturated carbocycles. The summed E-state index contributed by atoms with van der Waals surface area (Å²) >= 11 is 2.46. The van der Waals surface area contributed by atoms with Gasteiger partial charge in [0.1, 0.15) is 5.82 Å². The minimum absolute atomic E-state index is 0.122. The van der Waals surface area contributed by atoms with Crippen molar-refractivity contribution < 1.29 is 17.9 Å². The highest BCUT2D eigenvalue weighted by molar-refractivity contribution is 14.1. The Morgan fingerprint density at radius 2 is 2.07 bits per heavy atom. The van der Waals surface area contributed by atoms with Gasteiger partial charge in [-0.2, -0.15) is 13.2 Å². The predicted octanol–water partition coefficient (Wildman–Crippen LogP) is 3.70. The van der Waals surface area contributed by atoms with Crippen LogP contribution in [0.3, 0.4) is 0 Å². The van der Waals surface area contributed by atoms with Crippen molar-refractivity contribution in [3.8, 4) is 0 Å². The molecule has 30 heavy (non-hydrogen) atoms. The molecule has 0 spiro atoms. The summed E-state index contributed by atoms with van der Waals surface area (Å²) in [6, 6.07) is 2.39. The van der Waals surface area contributed by atoms with Gasteiger partial charge in [0.05, 0.1) is 31.0 Å². The standard InChI is InChI=1S/C19H22F3IN6O/c20-19(21,22)3-1-5-28(12-9-30-10-12)11-6-13(14(23)7-11)18-27-26-16-8-25-17-15(29(16)18)2-4-24-17/h2,4,8,11-14,24H,1,3,5-7,9-10H2/t11-,13+,14-/m1/s1. The molecule has 3 aromatic rings. The average Bonchev–Trinajstić information content (AvgIpc) is 3.34. The number of aromatic nitrogens is 5. The van der Waals surface area contributed by atoms with E-state index < -0.39 is 12.6 Å². The highest BCUT2D eigenvalue weighted by Gasteiger charge is 2.42. The van der Waals surface area contributed by atoms with Crippen LogP contribution in [-0.2, 0) is 4.74 Å². The molecule has 7 nitrogen and oxygen atoms in total. The van der Waals surface area contributed by atoms with Crippen molar-refractivity contribution in [1.82, 2.24) is 29.5 Å². The van der Waals surface area contributed by atoms with E-state index in [0.29, 0.717) is 29.3 Å². The van der Waals surface area contributed by atoms with Crippen LogP contribution in [0.4, 0.5) is 13.2 Å². The molecule has 0 aromatic carbocycles. The molecular weight excluding hydrogens is 512 g/mol. The number of aromatic amines is 1. The van der Waals surface area contributed by atoms with Crippen LogP contribution in [0.1, 0.15) is 37.4 Å². The number of alkyl halides is 4. The van der Waals surface area contributed by atoms with E-state index >= 15 is 0 Å². The molecule has 3 aromatic heterocycles. The fourth-order valence-electron chi connectivity index (χ4n) is 4.68. The van der Waals surface area contributed by atoms with Gasteiger partial charge in [0, 0.05) is 28.5 Å². The third-order valence-electron chi connectivity index (χ3n) is 6.19. The first kappa shape index (κ1) is 20.4. The molecule has 5 rings (SSSR count). The maximum Gasteiger partial charge on any atom is 0.389 e. The molecule has 1 N–H and O–H groups in total. The van der Waals surface area contributed by atoms with Crippen LogP contribution in [0, 0.1) is 0 Å². The minimum atomic E-state index is -4.11. The lowest BCUT2D eigenvalue weighted by atomic mass is 10.0. The van der Waals surface area contributed by atoms with E-state index in [9.17, 15) is 13.2 Å². The molecule has 2 aliphatic rings. The van der Waals surface area contributed by atoms with E-state index in [2.05, 4.69) is 52.1 Å². The second-order valence-corrected chi connectivity index (χ2v) is 9.72. The molecule has 3 atom stereocenters. The molecule has 1 aliphatic carbocycles. The second-order valence-electron chi connectivity index (χ2n) is 8.12. The van der Waals surface area contributed by atoms with E-state index in [4.69, 9.17) is 4.74 Å². The number of rotatable bonds is 6. The quantitative estimate of drug-likeness (QED) is 0.386. The van der Waals surface area contributed by atoms with Crippen molar-refractivity contribution in [1.29, 1.82) is 0 Å². The Morgan fingerprint density at radius 1 is 1.23 bits per heavy atom. The van der Waals surface area contributed by atoms with Crippen molar-refractivity contribution in [2.45, 2.75) is 53.8 Å². The van der Waals surface area contributed by atoms with Crippen molar-refractivity contribution in [3.05, 3.63) is 24.3 Å². The fraction of sp³-hybridized carbons (Fsp3) is 0.632. The zero-order valence-electron chi connectivity index (χ0n) is 16.1. The van der Waals surface area contributed by atoms with Crippen molar-refractivity contribution >= 4 is 39.4 Å². The van der Waals surface area contributed by atoms with Crippen LogP contribution >= 0.6 is 22.6 Å². The number of hydrogen-bond donors (Lipinski definition) is 1. The summed E-state index contributed by atoms with van der Waals surface area (Å²) in [6.07, 6.45) is 0.597. The first-order chi connectivity index (χ1) is 14.4. The number of hydrogen-bond acceptors (Lipinski definition) is 5. The smallest absolute Gasteiger partial charge is 0.378 e. The number of nitrogens with zero attached hydrogens (tertiary/aromatic N) is 5. The first-order valence-corrected chi connectivity index (χ1v) is 11.4. The summed E-state index contributed by atoms with van der Waals surface area (Å²) in [5.74, 6) is 1.08. The van der Waals surface area contributed by atoms with Crippen LogP contribution in [0.5, 0.6) is 0 Å². The summed E-state index contributed by atoms with van der Waals surface area (Å²) < 4.78 is 45.7. The van der Waals surface area contributed by atoms with Crippen molar-refractivity contribution in [2.24, 2.45) is 0 Å². The molecule has 4 heterocycles. The topological polar surface area (TPSA) is 71.3 Å². The van der Waals surface area contributed by atoms with E-state index in [0.717, 1.165) is 29.8 Å². The Kier molecular flexibility index (Phi) is 5.38. The number of ether oxygens (including phenoxy) is 1. The lowest BCUT2D eigenvalue weighted by Crippen LogP contribution is -2.53. The first-order valence-electron chi connectivity index (χ1n) is 10.1. The van der Waals surface area contributed by atoms with Gasteiger partial charge in [0.2, 0.25) is 0 Å². The molecular formula is C19H22F3IN6O.